The van der Waals surface area contributed by atoms with Gasteiger partial charge in [0.05, 0.1) is 6.61 Å². The lowest BCUT2D eigenvalue weighted by atomic mass is 10.1. The Hall–Kier alpha value is -1.55. The van der Waals surface area contributed by atoms with Crippen LogP contribution in [-0.4, -0.2) is 42.8 Å². The topological polar surface area (TPSA) is 52.6 Å². The molecule has 1 aromatic rings. The van der Waals surface area contributed by atoms with Crippen molar-refractivity contribution in [2.45, 2.75) is 6.42 Å². The minimum atomic E-state index is -0.148. The van der Waals surface area contributed by atoms with Gasteiger partial charge in [0.2, 0.25) is 0 Å². The molecule has 0 spiro atoms. The first kappa shape index (κ1) is 12.5. The fourth-order valence-electron chi connectivity index (χ4n) is 1.50. The molecular weight excluding hydrogens is 204 g/mol. The Morgan fingerprint density at radius 3 is 2.56 bits per heavy atom. The fraction of sp³-hybridized carbons (Fsp3) is 0.417. The lowest BCUT2D eigenvalue weighted by Crippen LogP contribution is -2.41. The quantitative estimate of drug-likeness (QED) is 0.776. The molecule has 0 aliphatic carbocycles. The van der Waals surface area contributed by atoms with E-state index in [4.69, 9.17) is 5.11 Å². The van der Waals surface area contributed by atoms with E-state index in [0.29, 0.717) is 13.1 Å². The molecule has 0 bridgehead atoms. The zero-order chi connectivity index (χ0) is 11.8. The lowest BCUT2D eigenvalue weighted by molar-refractivity contribution is 0.180. The van der Waals surface area contributed by atoms with Crippen LogP contribution in [0.2, 0.25) is 0 Å². The normalized spacial score (nSPS) is 9.88. The number of urea groups is 1. The number of aliphatic hydroxyl groups is 1. The van der Waals surface area contributed by atoms with E-state index in [1.54, 1.807) is 11.9 Å². The van der Waals surface area contributed by atoms with Crippen LogP contribution in [-0.2, 0) is 6.42 Å². The summed E-state index contributed by atoms with van der Waals surface area (Å²) in [6.45, 7) is 0.971. The molecule has 0 unspecified atom stereocenters. The van der Waals surface area contributed by atoms with Gasteiger partial charge in [-0.25, -0.2) is 4.79 Å². The molecule has 1 aromatic carbocycles. The molecule has 0 aliphatic heterocycles. The summed E-state index contributed by atoms with van der Waals surface area (Å²) >= 11 is 0. The molecule has 0 heterocycles. The number of rotatable bonds is 5. The van der Waals surface area contributed by atoms with Gasteiger partial charge in [0, 0.05) is 20.1 Å². The Bertz CT molecular complexity index is 314. The highest BCUT2D eigenvalue weighted by Gasteiger charge is 2.10. The summed E-state index contributed by atoms with van der Waals surface area (Å²) in [6.07, 6.45) is 0.800. The Balaban J connectivity index is 2.47. The third-order valence-corrected chi connectivity index (χ3v) is 2.38. The summed E-state index contributed by atoms with van der Waals surface area (Å²) in [5, 5.41) is 11.4. The van der Waals surface area contributed by atoms with Crippen molar-refractivity contribution in [3.8, 4) is 0 Å². The Morgan fingerprint density at radius 1 is 1.31 bits per heavy atom. The van der Waals surface area contributed by atoms with Crippen LogP contribution in [0.25, 0.3) is 0 Å². The van der Waals surface area contributed by atoms with Crippen molar-refractivity contribution >= 4 is 6.03 Å². The first-order valence-electron chi connectivity index (χ1n) is 5.39. The van der Waals surface area contributed by atoms with Crippen molar-refractivity contribution in [3.05, 3.63) is 35.9 Å². The van der Waals surface area contributed by atoms with E-state index in [0.717, 1.165) is 6.42 Å². The highest BCUT2D eigenvalue weighted by Crippen LogP contribution is 2.01. The van der Waals surface area contributed by atoms with E-state index in [-0.39, 0.29) is 12.6 Å². The van der Waals surface area contributed by atoms with Gasteiger partial charge < -0.3 is 15.3 Å². The fourth-order valence-corrected chi connectivity index (χ4v) is 1.50. The molecule has 0 atom stereocenters. The zero-order valence-electron chi connectivity index (χ0n) is 9.52. The third kappa shape index (κ3) is 3.90. The van der Waals surface area contributed by atoms with E-state index >= 15 is 0 Å². The summed E-state index contributed by atoms with van der Waals surface area (Å²) in [5.41, 5.74) is 1.19. The number of benzene rings is 1. The van der Waals surface area contributed by atoms with Crippen LogP contribution >= 0.6 is 0 Å². The Morgan fingerprint density at radius 2 is 2.00 bits per heavy atom. The predicted molar refractivity (Wildman–Crippen MR) is 63.3 cm³/mol. The SMILES string of the molecule is CNC(=O)N(CCO)CCc1ccccc1. The maximum atomic E-state index is 11.4. The molecule has 16 heavy (non-hydrogen) atoms. The van der Waals surface area contributed by atoms with E-state index in [2.05, 4.69) is 5.32 Å². The summed E-state index contributed by atoms with van der Waals surface area (Å²) < 4.78 is 0. The van der Waals surface area contributed by atoms with E-state index in [1.165, 1.54) is 5.56 Å². The minimum Gasteiger partial charge on any atom is -0.395 e. The van der Waals surface area contributed by atoms with E-state index < -0.39 is 0 Å². The number of carbonyl (C=O) groups is 1. The molecule has 0 fully saturated rings. The summed E-state index contributed by atoms with van der Waals surface area (Å²) in [4.78, 5) is 13.0. The van der Waals surface area contributed by atoms with Crippen LogP contribution in [0.4, 0.5) is 4.79 Å². The van der Waals surface area contributed by atoms with Crippen LogP contribution in [0, 0.1) is 0 Å². The van der Waals surface area contributed by atoms with Crippen molar-refractivity contribution in [1.82, 2.24) is 10.2 Å². The first-order chi connectivity index (χ1) is 7.77. The average Bonchev–Trinajstić information content (AvgIpc) is 2.34. The molecule has 0 aliphatic rings. The summed E-state index contributed by atoms with van der Waals surface area (Å²) in [6, 6.07) is 9.83. The molecule has 2 amide bonds. The van der Waals surface area contributed by atoms with Crippen LogP contribution in [0.1, 0.15) is 5.56 Å². The van der Waals surface area contributed by atoms with Gasteiger partial charge in [-0.2, -0.15) is 0 Å². The van der Waals surface area contributed by atoms with Crippen LogP contribution in [0.3, 0.4) is 0 Å². The number of carbonyl (C=O) groups excluding carboxylic acids is 1. The van der Waals surface area contributed by atoms with Gasteiger partial charge in [0.15, 0.2) is 0 Å². The standard InChI is InChI=1S/C12H18N2O2/c1-13-12(16)14(9-10-15)8-7-11-5-3-2-4-6-11/h2-6,15H,7-10H2,1H3,(H,13,16). The van der Waals surface area contributed by atoms with E-state index in [1.807, 2.05) is 30.3 Å². The highest BCUT2D eigenvalue weighted by molar-refractivity contribution is 5.73. The lowest BCUT2D eigenvalue weighted by Gasteiger charge is -2.21. The van der Waals surface area contributed by atoms with Crippen LogP contribution < -0.4 is 5.32 Å². The molecule has 4 heteroatoms. The van der Waals surface area contributed by atoms with Crippen molar-refractivity contribution < 1.29 is 9.90 Å². The number of hydrogen-bond donors (Lipinski definition) is 2. The van der Waals surface area contributed by atoms with Crippen molar-refractivity contribution in [2.75, 3.05) is 26.7 Å². The van der Waals surface area contributed by atoms with Gasteiger partial charge in [0.25, 0.3) is 0 Å². The molecular formula is C12H18N2O2. The summed E-state index contributed by atoms with van der Waals surface area (Å²) in [5.74, 6) is 0. The van der Waals surface area contributed by atoms with Crippen LogP contribution in [0.15, 0.2) is 30.3 Å². The smallest absolute Gasteiger partial charge is 0.317 e. The van der Waals surface area contributed by atoms with Crippen molar-refractivity contribution in [2.24, 2.45) is 0 Å². The molecule has 1 rings (SSSR count). The highest BCUT2D eigenvalue weighted by atomic mass is 16.3. The Labute approximate surface area is 95.9 Å². The van der Waals surface area contributed by atoms with Gasteiger partial charge >= 0.3 is 6.03 Å². The number of amides is 2. The van der Waals surface area contributed by atoms with Gasteiger partial charge in [-0.05, 0) is 12.0 Å². The number of nitrogens with one attached hydrogen (secondary N) is 1. The molecule has 4 nitrogen and oxygen atoms in total. The minimum absolute atomic E-state index is 0.0117. The van der Waals surface area contributed by atoms with Gasteiger partial charge in [-0.1, -0.05) is 30.3 Å². The Kier molecular flexibility index (Phi) is 5.36. The van der Waals surface area contributed by atoms with Gasteiger partial charge in [-0.15, -0.1) is 0 Å². The van der Waals surface area contributed by atoms with Gasteiger partial charge in [0.1, 0.15) is 0 Å². The largest absolute Gasteiger partial charge is 0.395 e. The molecule has 0 saturated heterocycles. The molecule has 88 valence electrons. The number of nitrogens with zero attached hydrogens (tertiary/aromatic N) is 1. The van der Waals surface area contributed by atoms with Crippen molar-refractivity contribution in [1.29, 1.82) is 0 Å². The van der Waals surface area contributed by atoms with Gasteiger partial charge in [-0.3, -0.25) is 0 Å². The predicted octanol–water partition coefficient (Wildman–Crippen LogP) is 0.863. The molecule has 0 radical (unpaired) electrons. The molecule has 2 N–H and O–H groups in total. The second-order valence-corrected chi connectivity index (χ2v) is 3.50. The van der Waals surface area contributed by atoms with Crippen LogP contribution in [0.5, 0.6) is 0 Å². The first-order valence-corrected chi connectivity index (χ1v) is 5.39. The maximum Gasteiger partial charge on any atom is 0.317 e. The second kappa shape index (κ2) is 6.85. The number of hydrogen-bond acceptors (Lipinski definition) is 2. The second-order valence-electron chi connectivity index (χ2n) is 3.50. The summed E-state index contributed by atoms with van der Waals surface area (Å²) in [7, 11) is 1.59. The zero-order valence-corrected chi connectivity index (χ0v) is 9.52. The third-order valence-electron chi connectivity index (χ3n) is 2.38. The maximum absolute atomic E-state index is 11.4. The monoisotopic (exact) mass is 222 g/mol. The average molecular weight is 222 g/mol. The van der Waals surface area contributed by atoms with E-state index in [9.17, 15) is 4.79 Å². The number of aliphatic hydroxyl groups excluding tert-OH is 1. The molecule has 0 saturated carbocycles. The van der Waals surface area contributed by atoms with Crippen molar-refractivity contribution in [3.63, 3.8) is 0 Å². The molecule has 0 aromatic heterocycles.